The normalized spacial score (nSPS) is 19.6. The van der Waals surface area contributed by atoms with Gasteiger partial charge >= 0.3 is 0 Å². The van der Waals surface area contributed by atoms with Gasteiger partial charge in [0.05, 0.1) is 16.3 Å². The summed E-state index contributed by atoms with van der Waals surface area (Å²) in [7, 11) is 0. The smallest absolute Gasteiger partial charge is 0.183 e. The van der Waals surface area contributed by atoms with E-state index in [0.29, 0.717) is 6.10 Å². The van der Waals surface area contributed by atoms with Gasteiger partial charge in [-0.15, -0.1) is 0 Å². The Balaban J connectivity index is 1.76. The van der Waals surface area contributed by atoms with Gasteiger partial charge in [-0.2, -0.15) is 0 Å². The largest absolute Gasteiger partial charge is 0.376 e. The van der Waals surface area contributed by atoms with Crippen LogP contribution in [0.25, 0.3) is 10.2 Å². The van der Waals surface area contributed by atoms with E-state index in [-0.39, 0.29) is 5.41 Å². The Morgan fingerprint density at radius 3 is 2.95 bits per heavy atom. The molecule has 1 aliphatic rings. The third-order valence-electron chi connectivity index (χ3n) is 3.76. The molecular weight excluding hydrogens is 268 g/mol. The summed E-state index contributed by atoms with van der Waals surface area (Å²) in [6, 6.07) is 6.58. The molecule has 2 aromatic rings. The quantitative estimate of drug-likeness (QED) is 0.920. The summed E-state index contributed by atoms with van der Waals surface area (Å²) < 4.78 is 6.88. The molecule has 3 nitrogen and oxygen atoms in total. The predicted molar refractivity (Wildman–Crippen MR) is 85.8 cm³/mol. The number of rotatable bonds is 3. The second-order valence-corrected chi connectivity index (χ2v) is 7.50. The van der Waals surface area contributed by atoms with E-state index in [1.165, 1.54) is 16.7 Å². The molecule has 1 saturated heterocycles. The fourth-order valence-corrected chi connectivity index (χ4v) is 3.39. The van der Waals surface area contributed by atoms with Gasteiger partial charge < -0.3 is 10.1 Å². The lowest BCUT2D eigenvalue weighted by molar-refractivity contribution is 0.120. The zero-order valence-electron chi connectivity index (χ0n) is 12.4. The van der Waals surface area contributed by atoms with Crippen LogP contribution in [-0.2, 0) is 10.2 Å². The maximum Gasteiger partial charge on any atom is 0.183 e. The number of hydrogen-bond donors (Lipinski definition) is 1. The second kappa shape index (κ2) is 5.34. The van der Waals surface area contributed by atoms with Gasteiger partial charge in [0.1, 0.15) is 0 Å². The van der Waals surface area contributed by atoms with Crippen LogP contribution in [0.1, 0.15) is 39.2 Å². The molecule has 0 amide bonds. The van der Waals surface area contributed by atoms with Crippen LogP contribution in [0.2, 0.25) is 0 Å². The van der Waals surface area contributed by atoms with E-state index in [4.69, 9.17) is 4.74 Å². The highest BCUT2D eigenvalue weighted by Crippen LogP contribution is 2.31. The highest BCUT2D eigenvalue weighted by molar-refractivity contribution is 7.22. The summed E-state index contributed by atoms with van der Waals surface area (Å²) >= 11 is 1.73. The molecule has 0 bridgehead atoms. The number of benzene rings is 1. The van der Waals surface area contributed by atoms with Gasteiger partial charge in [0.2, 0.25) is 0 Å². The van der Waals surface area contributed by atoms with Crippen molar-refractivity contribution in [3.05, 3.63) is 23.8 Å². The van der Waals surface area contributed by atoms with Gasteiger partial charge in [0.15, 0.2) is 5.13 Å². The average molecular weight is 290 g/mol. The van der Waals surface area contributed by atoms with Gasteiger partial charge in [-0.3, -0.25) is 0 Å². The van der Waals surface area contributed by atoms with Crippen molar-refractivity contribution in [1.29, 1.82) is 0 Å². The summed E-state index contributed by atoms with van der Waals surface area (Å²) in [4.78, 5) is 4.65. The molecule has 1 aliphatic heterocycles. The Morgan fingerprint density at radius 2 is 2.25 bits per heavy atom. The molecule has 1 aromatic carbocycles. The Labute approximate surface area is 124 Å². The molecule has 0 radical (unpaired) electrons. The molecule has 1 aromatic heterocycles. The molecule has 0 aliphatic carbocycles. The lowest BCUT2D eigenvalue weighted by Crippen LogP contribution is -2.18. The first-order valence-corrected chi connectivity index (χ1v) is 8.10. The van der Waals surface area contributed by atoms with Gasteiger partial charge in [-0.1, -0.05) is 38.2 Å². The molecule has 1 unspecified atom stereocenters. The lowest BCUT2D eigenvalue weighted by Gasteiger charge is -2.18. The molecule has 1 N–H and O–H groups in total. The molecule has 0 saturated carbocycles. The molecule has 4 heteroatoms. The highest BCUT2D eigenvalue weighted by Gasteiger charge is 2.17. The van der Waals surface area contributed by atoms with Gasteiger partial charge in [0.25, 0.3) is 0 Å². The minimum absolute atomic E-state index is 0.184. The van der Waals surface area contributed by atoms with Crippen LogP contribution in [0.15, 0.2) is 18.2 Å². The van der Waals surface area contributed by atoms with Crippen molar-refractivity contribution < 1.29 is 4.74 Å². The fourth-order valence-electron chi connectivity index (χ4n) is 2.47. The van der Waals surface area contributed by atoms with E-state index in [0.717, 1.165) is 30.2 Å². The van der Waals surface area contributed by atoms with E-state index >= 15 is 0 Å². The van der Waals surface area contributed by atoms with Crippen LogP contribution < -0.4 is 5.32 Å². The minimum Gasteiger partial charge on any atom is -0.376 e. The van der Waals surface area contributed by atoms with Gasteiger partial charge in [-0.05, 0) is 36.0 Å². The third kappa shape index (κ3) is 2.96. The van der Waals surface area contributed by atoms with E-state index in [1.807, 2.05) is 0 Å². The van der Waals surface area contributed by atoms with E-state index in [2.05, 4.69) is 49.3 Å². The van der Waals surface area contributed by atoms with Gasteiger partial charge in [-0.25, -0.2) is 4.98 Å². The van der Waals surface area contributed by atoms with Crippen molar-refractivity contribution in [2.24, 2.45) is 0 Å². The lowest BCUT2D eigenvalue weighted by atomic mass is 9.87. The Hall–Kier alpha value is -1.13. The van der Waals surface area contributed by atoms with Crippen LogP contribution >= 0.6 is 11.3 Å². The van der Waals surface area contributed by atoms with E-state index < -0.39 is 0 Å². The first-order chi connectivity index (χ1) is 9.52. The van der Waals surface area contributed by atoms with Crippen molar-refractivity contribution >= 4 is 26.7 Å². The average Bonchev–Trinajstić information content (AvgIpc) is 3.03. The number of fused-ring (bicyclic) bond motifs is 1. The number of hydrogen-bond acceptors (Lipinski definition) is 4. The Morgan fingerprint density at radius 1 is 1.40 bits per heavy atom. The maximum absolute atomic E-state index is 5.63. The predicted octanol–water partition coefficient (Wildman–Crippen LogP) is 4.18. The number of aromatic nitrogens is 1. The standard InChI is InChI=1S/C16H22N2OS/c1-16(2,3)11-6-7-13-14(9-11)20-15(18-13)17-10-12-5-4-8-19-12/h6-7,9,12H,4-5,8,10H2,1-3H3,(H,17,18). The Bertz CT molecular complexity index is 594. The van der Waals surface area contributed by atoms with Crippen molar-refractivity contribution in [3.8, 4) is 0 Å². The Kier molecular flexibility index (Phi) is 3.69. The van der Waals surface area contributed by atoms with Crippen molar-refractivity contribution in [2.45, 2.75) is 45.1 Å². The number of ether oxygens (including phenoxy) is 1. The summed E-state index contributed by atoms with van der Waals surface area (Å²) in [6.07, 6.45) is 2.69. The van der Waals surface area contributed by atoms with Crippen molar-refractivity contribution in [2.75, 3.05) is 18.5 Å². The summed E-state index contributed by atoms with van der Waals surface area (Å²) in [5.74, 6) is 0. The third-order valence-corrected chi connectivity index (χ3v) is 4.74. The number of nitrogens with zero attached hydrogens (tertiary/aromatic N) is 1. The highest BCUT2D eigenvalue weighted by atomic mass is 32.1. The molecule has 1 fully saturated rings. The van der Waals surface area contributed by atoms with Crippen LogP contribution in [0.4, 0.5) is 5.13 Å². The van der Waals surface area contributed by atoms with E-state index in [9.17, 15) is 0 Å². The zero-order valence-corrected chi connectivity index (χ0v) is 13.2. The SMILES string of the molecule is CC(C)(C)c1ccc2nc(NCC3CCCO3)sc2c1. The van der Waals surface area contributed by atoms with Crippen LogP contribution in [0.5, 0.6) is 0 Å². The molecule has 0 spiro atoms. The number of thiazole rings is 1. The first kappa shape index (κ1) is 13.8. The van der Waals surface area contributed by atoms with Gasteiger partial charge in [0, 0.05) is 13.2 Å². The summed E-state index contributed by atoms with van der Waals surface area (Å²) in [6.45, 7) is 8.50. The fraction of sp³-hybridized carbons (Fsp3) is 0.562. The maximum atomic E-state index is 5.63. The molecular formula is C16H22N2OS. The van der Waals surface area contributed by atoms with Crippen LogP contribution in [0.3, 0.4) is 0 Å². The van der Waals surface area contributed by atoms with Crippen LogP contribution in [-0.4, -0.2) is 24.2 Å². The first-order valence-electron chi connectivity index (χ1n) is 7.29. The summed E-state index contributed by atoms with van der Waals surface area (Å²) in [5.41, 5.74) is 2.63. The van der Waals surface area contributed by atoms with E-state index in [1.54, 1.807) is 11.3 Å². The molecule has 3 rings (SSSR count). The second-order valence-electron chi connectivity index (χ2n) is 6.47. The van der Waals surface area contributed by atoms with Crippen LogP contribution in [0, 0.1) is 0 Å². The molecule has 1 atom stereocenters. The molecule has 2 heterocycles. The van der Waals surface area contributed by atoms with Crippen molar-refractivity contribution in [3.63, 3.8) is 0 Å². The molecule has 20 heavy (non-hydrogen) atoms. The molecule has 108 valence electrons. The monoisotopic (exact) mass is 290 g/mol. The topological polar surface area (TPSA) is 34.2 Å². The summed E-state index contributed by atoms with van der Waals surface area (Å²) in [5, 5.41) is 4.42. The number of nitrogens with one attached hydrogen (secondary N) is 1. The number of anilines is 1. The van der Waals surface area contributed by atoms with Crippen molar-refractivity contribution in [1.82, 2.24) is 4.98 Å². The zero-order chi connectivity index (χ0) is 14.2. The minimum atomic E-state index is 0.184.